The van der Waals surface area contributed by atoms with Crippen LogP contribution >= 0.6 is 0 Å². The van der Waals surface area contributed by atoms with Crippen LogP contribution in [0.4, 0.5) is 5.82 Å². The second-order valence-corrected chi connectivity index (χ2v) is 5.84. The van der Waals surface area contributed by atoms with Crippen LogP contribution in [0.15, 0.2) is 6.33 Å². The number of amides is 1. The molecule has 2 unspecified atom stereocenters. The van der Waals surface area contributed by atoms with E-state index >= 15 is 0 Å². The van der Waals surface area contributed by atoms with Crippen molar-refractivity contribution >= 4 is 11.7 Å². The minimum Gasteiger partial charge on any atom is -0.480 e. The van der Waals surface area contributed by atoms with Crippen molar-refractivity contribution in [1.82, 2.24) is 15.3 Å². The lowest BCUT2D eigenvalue weighted by Crippen LogP contribution is -2.44. The average Bonchev–Trinajstić information content (AvgIpc) is 2.58. The first-order valence-corrected chi connectivity index (χ1v) is 8.36. The van der Waals surface area contributed by atoms with Crippen molar-refractivity contribution in [1.29, 1.82) is 0 Å². The van der Waals surface area contributed by atoms with E-state index in [0.29, 0.717) is 11.8 Å². The quantitative estimate of drug-likeness (QED) is 0.669. The molecule has 0 aliphatic heterocycles. The third kappa shape index (κ3) is 5.96. The Morgan fingerprint density at radius 2 is 1.96 bits per heavy atom. The third-order valence-corrected chi connectivity index (χ3v) is 3.97. The number of hydrogen-bond acceptors (Lipinski definition) is 6. The number of nitrogens with zero attached hydrogens (tertiary/aromatic N) is 2. The number of carbonyl (C=O) groups excluding carboxylic acids is 1. The summed E-state index contributed by atoms with van der Waals surface area (Å²) in [5, 5.41) is 10.1. The van der Waals surface area contributed by atoms with Crippen molar-refractivity contribution in [3.8, 4) is 5.88 Å². The number of anilines is 1. The van der Waals surface area contributed by atoms with Gasteiger partial charge in [0.05, 0.1) is 7.11 Å². The predicted octanol–water partition coefficient (Wildman–Crippen LogP) is 2.26. The molecule has 1 aromatic heterocycles. The van der Waals surface area contributed by atoms with Gasteiger partial charge in [0.25, 0.3) is 5.91 Å². The number of ether oxygens (including phenoxy) is 1. The third-order valence-electron chi connectivity index (χ3n) is 3.97. The van der Waals surface area contributed by atoms with Gasteiger partial charge in [-0.2, -0.15) is 0 Å². The SMILES string of the molecule is CCCC(CC)C(NC(=O)c1c(N)ncnc1OC)C(C)C.CO. The normalized spacial score (nSPS) is 12.8. The Bertz CT molecular complexity index is 495. The molecule has 1 rings (SSSR count). The summed E-state index contributed by atoms with van der Waals surface area (Å²) in [6.07, 6.45) is 4.49. The van der Waals surface area contributed by atoms with E-state index in [-0.39, 0.29) is 29.2 Å². The standard InChI is InChI=1S/C16H28N4O2.CH4O/c1-6-8-11(7-2)13(10(3)4)20-15(21)12-14(17)18-9-19-16(12)22-5;1-2/h9-11,13H,6-8H2,1-5H3,(H,20,21)(H2,17,18,19);2H,1H3. The lowest BCUT2D eigenvalue weighted by Gasteiger charge is -2.30. The van der Waals surface area contributed by atoms with E-state index < -0.39 is 0 Å². The van der Waals surface area contributed by atoms with Crippen LogP contribution in [0.1, 0.15) is 57.3 Å². The molecule has 4 N–H and O–H groups in total. The van der Waals surface area contributed by atoms with Gasteiger partial charge < -0.3 is 20.9 Å². The highest BCUT2D eigenvalue weighted by Gasteiger charge is 2.27. The minimum absolute atomic E-state index is 0.0850. The van der Waals surface area contributed by atoms with Crippen LogP contribution in [0.5, 0.6) is 5.88 Å². The van der Waals surface area contributed by atoms with E-state index in [2.05, 4.69) is 43.0 Å². The molecule has 0 aromatic carbocycles. The largest absolute Gasteiger partial charge is 0.480 e. The van der Waals surface area contributed by atoms with Crippen LogP contribution in [0.3, 0.4) is 0 Å². The van der Waals surface area contributed by atoms with Crippen molar-refractivity contribution in [3.05, 3.63) is 11.9 Å². The van der Waals surface area contributed by atoms with E-state index in [4.69, 9.17) is 15.6 Å². The Balaban J connectivity index is 0.00000254. The summed E-state index contributed by atoms with van der Waals surface area (Å²) in [6, 6.07) is 0.0850. The maximum atomic E-state index is 12.6. The first-order chi connectivity index (χ1) is 11.5. The van der Waals surface area contributed by atoms with Crippen LogP contribution in [0.25, 0.3) is 0 Å². The van der Waals surface area contributed by atoms with Gasteiger partial charge in [-0.1, -0.05) is 40.5 Å². The summed E-state index contributed by atoms with van der Waals surface area (Å²) < 4.78 is 5.13. The van der Waals surface area contributed by atoms with Crippen molar-refractivity contribution in [2.75, 3.05) is 20.0 Å². The zero-order chi connectivity index (χ0) is 18.7. The van der Waals surface area contributed by atoms with E-state index in [9.17, 15) is 4.79 Å². The summed E-state index contributed by atoms with van der Waals surface area (Å²) in [5.41, 5.74) is 6.04. The van der Waals surface area contributed by atoms with Gasteiger partial charge in [0.1, 0.15) is 17.7 Å². The molecule has 0 bridgehead atoms. The summed E-state index contributed by atoms with van der Waals surface area (Å²) in [7, 11) is 2.46. The molecule has 7 nitrogen and oxygen atoms in total. The number of nitrogens with one attached hydrogen (secondary N) is 1. The van der Waals surface area contributed by atoms with Gasteiger partial charge in [-0.15, -0.1) is 0 Å². The Morgan fingerprint density at radius 3 is 2.42 bits per heavy atom. The van der Waals surface area contributed by atoms with E-state index in [1.165, 1.54) is 13.4 Å². The number of hydrogen-bond donors (Lipinski definition) is 3. The van der Waals surface area contributed by atoms with Gasteiger partial charge in [0.15, 0.2) is 0 Å². The maximum Gasteiger partial charge on any atom is 0.260 e. The molecule has 7 heteroatoms. The average molecular weight is 340 g/mol. The van der Waals surface area contributed by atoms with Crippen LogP contribution in [-0.4, -0.2) is 41.2 Å². The molecule has 0 saturated carbocycles. The number of aliphatic hydroxyl groups excluding tert-OH is 1. The highest BCUT2D eigenvalue weighted by molar-refractivity contribution is 6.00. The molecule has 0 radical (unpaired) electrons. The monoisotopic (exact) mass is 340 g/mol. The maximum absolute atomic E-state index is 12.6. The molecule has 0 aliphatic rings. The number of aromatic nitrogens is 2. The van der Waals surface area contributed by atoms with Gasteiger partial charge in [-0.3, -0.25) is 4.79 Å². The number of nitrogens with two attached hydrogens (primary N) is 1. The minimum atomic E-state index is -0.275. The summed E-state index contributed by atoms with van der Waals surface area (Å²) in [4.78, 5) is 20.5. The number of nitrogen functional groups attached to an aromatic ring is 1. The number of aliphatic hydroxyl groups is 1. The van der Waals surface area contributed by atoms with Crippen molar-refractivity contribution in [2.24, 2.45) is 11.8 Å². The Kier molecular flexibility index (Phi) is 10.7. The molecule has 0 saturated heterocycles. The van der Waals surface area contributed by atoms with Crippen LogP contribution in [0, 0.1) is 11.8 Å². The fraction of sp³-hybridized carbons (Fsp3) is 0.706. The highest BCUT2D eigenvalue weighted by Crippen LogP contribution is 2.24. The zero-order valence-electron chi connectivity index (χ0n) is 15.7. The van der Waals surface area contributed by atoms with E-state index in [1.54, 1.807) is 0 Å². The molecule has 2 atom stereocenters. The topological polar surface area (TPSA) is 110 Å². The first-order valence-electron chi connectivity index (χ1n) is 8.36. The van der Waals surface area contributed by atoms with Crippen LogP contribution in [0.2, 0.25) is 0 Å². The molecular weight excluding hydrogens is 308 g/mol. The summed E-state index contributed by atoms with van der Waals surface area (Å²) >= 11 is 0. The van der Waals surface area contributed by atoms with Crippen molar-refractivity contribution < 1.29 is 14.6 Å². The second-order valence-electron chi connectivity index (χ2n) is 5.84. The molecule has 138 valence electrons. The molecule has 1 heterocycles. The molecule has 24 heavy (non-hydrogen) atoms. The molecule has 0 fully saturated rings. The van der Waals surface area contributed by atoms with Crippen LogP contribution in [-0.2, 0) is 0 Å². The Morgan fingerprint density at radius 1 is 1.33 bits per heavy atom. The van der Waals surface area contributed by atoms with Gasteiger partial charge >= 0.3 is 0 Å². The fourth-order valence-corrected chi connectivity index (χ4v) is 2.81. The molecule has 0 aliphatic carbocycles. The van der Waals surface area contributed by atoms with Crippen molar-refractivity contribution in [3.63, 3.8) is 0 Å². The zero-order valence-corrected chi connectivity index (χ0v) is 15.7. The molecule has 1 aromatic rings. The summed E-state index contributed by atoms with van der Waals surface area (Å²) in [6.45, 7) is 8.55. The van der Waals surface area contributed by atoms with E-state index in [1.807, 2.05) is 0 Å². The van der Waals surface area contributed by atoms with Gasteiger partial charge in [-0.05, 0) is 18.3 Å². The number of rotatable bonds is 8. The molecular formula is C17H32N4O3. The smallest absolute Gasteiger partial charge is 0.260 e. The number of carbonyl (C=O) groups is 1. The lowest BCUT2D eigenvalue weighted by atomic mass is 9.85. The highest BCUT2D eigenvalue weighted by atomic mass is 16.5. The van der Waals surface area contributed by atoms with E-state index in [0.717, 1.165) is 26.4 Å². The lowest BCUT2D eigenvalue weighted by molar-refractivity contribution is 0.0896. The Hall–Kier alpha value is -1.89. The summed E-state index contributed by atoms with van der Waals surface area (Å²) in [5.74, 6) is 0.831. The van der Waals surface area contributed by atoms with Gasteiger partial charge in [-0.25, -0.2) is 9.97 Å². The predicted molar refractivity (Wildman–Crippen MR) is 95.9 cm³/mol. The first kappa shape index (κ1) is 22.1. The number of methoxy groups -OCH3 is 1. The second kappa shape index (κ2) is 11.6. The van der Waals surface area contributed by atoms with Crippen molar-refractivity contribution in [2.45, 2.75) is 53.0 Å². The van der Waals surface area contributed by atoms with Gasteiger partial charge in [0, 0.05) is 13.2 Å². The Labute approximate surface area is 145 Å². The van der Waals surface area contributed by atoms with Crippen LogP contribution < -0.4 is 15.8 Å². The molecule has 0 spiro atoms. The fourth-order valence-electron chi connectivity index (χ4n) is 2.81. The molecule has 1 amide bonds. The van der Waals surface area contributed by atoms with Gasteiger partial charge in [0.2, 0.25) is 5.88 Å².